The SMILES string of the molecule is c1ccc(-c2nc(-c3ccc(-c4ccc(-c5ccc(-c6c7ccccc7cc7c6ccc6ccccc67)c6ccccc56)cc4)cc3)cc(-c3cccc4c3sc3ccccc34)n2)cc1. The van der Waals surface area contributed by atoms with Crippen molar-refractivity contribution in [3.8, 4) is 67.3 Å². The van der Waals surface area contributed by atoms with Gasteiger partial charge in [0.15, 0.2) is 5.82 Å². The van der Waals surface area contributed by atoms with Crippen LogP contribution in [0.2, 0.25) is 0 Å². The number of benzene rings is 11. The molecule has 0 spiro atoms. The summed E-state index contributed by atoms with van der Waals surface area (Å²) in [6.07, 6.45) is 0. The zero-order chi connectivity index (χ0) is 42.8. The highest BCUT2D eigenvalue weighted by Gasteiger charge is 2.18. The molecule has 0 aliphatic rings. The third kappa shape index (κ3) is 6.31. The standard InChI is InChI=1S/C62H38N2S/c1-2-14-44(15-3-1)62-63-57(38-58(64-62)55-23-12-22-54-51-21-10-11-24-59(51)65-61(54)55)43-31-27-40(28-32-43)39-25-29-42(30-26-39)47-35-36-52(50-20-9-8-19-49(47)50)60-48-18-7-5-16-45(48)37-56-46-17-6-4-13-41(46)33-34-53(56)60/h1-38H. The molecule has 0 radical (unpaired) electrons. The first-order chi connectivity index (χ1) is 32.2. The maximum Gasteiger partial charge on any atom is 0.160 e. The molecule has 302 valence electrons. The summed E-state index contributed by atoms with van der Waals surface area (Å²) < 4.78 is 2.52. The lowest BCUT2D eigenvalue weighted by Gasteiger charge is -2.17. The second kappa shape index (κ2) is 15.2. The number of rotatable bonds is 6. The van der Waals surface area contributed by atoms with Crippen LogP contribution in [0.1, 0.15) is 0 Å². The molecular weight excluding hydrogens is 805 g/mol. The van der Waals surface area contributed by atoms with Crippen LogP contribution in [-0.2, 0) is 0 Å². The molecule has 0 saturated carbocycles. The lowest BCUT2D eigenvalue weighted by atomic mass is 9.86. The Morgan fingerprint density at radius 1 is 0.277 bits per heavy atom. The van der Waals surface area contributed by atoms with E-state index in [1.54, 1.807) is 0 Å². The Morgan fingerprint density at radius 3 is 1.65 bits per heavy atom. The fourth-order valence-corrected chi connectivity index (χ4v) is 11.2. The molecule has 0 aliphatic carbocycles. The largest absolute Gasteiger partial charge is 0.228 e. The lowest BCUT2D eigenvalue weighted by Crippen LogP contribution is -1.96. The van der Waals surface area contributed by atoms with Gasteiger partial charge in [0, 0.05) is 36.9 Å². The summed E-state index contributed by atoms with van der Waals surface area (Å²) in [7, 11) is 0. The van der Waals surface area contributed by atoms with E-state index in [1.807, 2.05) is 29.5 Å². The summed E-state index contributed by atoms with van der Waals surface area (Å²) in [5.74, 6) is 0.718. The number of hydrogen-bond donors (Lipinski definition) is 0. The first-order valence-electron chi connectivity index (χ1n) is 22.1. The minimum Gasteiger partial charge on any atom is -0.228 e. The molecule has 0 aliphatic heterocycles. The Hall–Kier alpha value is -8.24. The van der Waals surface area contributed by atoms with E-state index in [0.717, 1.165) is 39.5 Å². The zero-order valence-electron chi connectivity index (χ0n) is 35.2. The minimum absolute atomic E-state index is 0.718. The van der Waals surface area contributed by atoms with Crippen LogP contribution < -0.4 is 0 Å². The van der Waals surface area contributed by atoms with Crippen LogP contribution in [-0.4, -0.2) is 9.97 Å². The summed E-state index contributed by atoms with van der Waals surface area (Å²) in [5.41, 5.74) is 12.3. The van der Waals surface area contributed by atoms with E-state index in [0.29, 0.717) is 0 Å². The van der Waals surface area contributed by atoms with Crippen molar-refractivity contribution >= 4 is 74.6 Å². The normalized spacial score (nSPS) is 11.7. The maximum absolute atomic E-state index is 5.19. The zero-order valence-corrected chi connectivity index (χ0v) is 36.1. The van der Waals surface area contributed by atoms with Gasteiger partial charge in [0.2, 0.25) is 0 Å². The monoisotopic (exact) mass is 842 g/mol. The highest BCUT2D eigenvalue weighted by atomic mass is 32.1. The van der Waals surface area contributed by atoms with E-state index in [9.17, 15) is 0 Å². The molecule has 2 heterocycles. The summed E-state index contributed by atoms with van der Waals surface area (Å²) >= 11 is 1.83. The highest BCUT2D eigenvalue weighted by Crippen LogP contribution is 2.45. The van der Waals surface area contributed by atoms with Crippen molar-refractivity contribution in [3.05, 3.63) is 231 Å². The molecule has 13 rings (SSSR count). The Labute approximate surface area is 380 Å². The number of nitrogens with zero attached hydrogens (tertiary/aromatic N) is 2. The number of aromatic nitrogens is 2. The van der Waals surface area contributed by atoms with Crippen LogP contribution in [0.15, 0.2) is 231 Å². The minimum atomic E-state index is 0.718. The van der Waals surface area contributed by atoms with Crippen molar-refractivity contribution in [3.63, 3.8) is 0 Å². The van der Waals surface area contributed by atoms with Gasteiger partial charge in [-0.25, -0.2) is 9.97 Å². The van der Waals surface area contributed by atoms with Crippen LogP contribution in [0.3, 0.4) is 0 Å². The lowest BCUT2D eigenvalue weighted by molar-refractivity contribution is 1.19. The fraction of sp³-hybridized carbons (Fsp3) is 0. The molecule has 0 fully saturated rings. The summed E-state index contributed by atoms with van der Waals surface area (Å²) in [5, 5.41) is 12.7. The maximum atomic E-state index is 5.19. The van der Waals surface area contributed by atoms with Gasteiger partial charge in [0.05, 0.1) is 11.4 Å². The Kier molecular flexibility index (Phi) is 8.75. The van der Waals surface area contributed by atoms with E-state index in [-0.39, 0.29) is 0 Å². The molecule has 2 nitrogen and oxygen atoms in total. The van der Waals surface area contributed by atoms with E-state index in [2.05, 4.69) is 212 Å². The molecule has 2 aromatic heterocycles. The number of hydrogen-bond acceptors (Lipinski definition) is 3. The third-order valence-corrected chi connectivity index (χ3v) is 14.3. The van der Waals surface area contributed by atoms with Crippen LogP contribution in [0, 0.1) is 0 Å². The molecule has 13 aromatic rings. The van der Waals surface area contributed by atoms with E-state index >= 15 is 0 Å². The summed E-state index contributed by atoms with van der Waals surface area (Å²) in [6.45, 7) is 0. The molecule has 3 heteroatoms. The topological polar surface area (TPSA) is 25.8 Å². The van der Waals surface area contributed by atoms with Gasteiger partial charge in [-0.1, -0.05) is 212 Å². The highest BCUT2D eigenvalue weighted by molar-refractivity contribution is 7.26. The average molecular weight is 843 g/mol. The smallest absolute Gasteiger partial charge is 0.160 e. The molecule has 0 bridgehead atoms. The molecule has 0 N–H and O–H groups in total. The van der Waals surface area contributed by atoms with Gasteiger partial charge in [-0.05, 0) is 94.7 Å². The molecule has 0 unspecified atom stereocenters. The van der Waals surface area contributed by atoms with Gasteiger partial charge < -0.3 is 0 Å². The first kappa shape index (κ1) is 37.3. The molecule has 0 amide bonds. The van der Waals surface area contributed by atoms with Crippen LogP contribution in [0.5, 0.6) is 0 Å². The van der Waals surface area contributed by atoms with Gasteiger partial charge in [0.25, 0.3) is 0 Å². The van der Waals surface area contributed by atoms with Crippen molar-refractivity contribution in [1.29, 1.82) is 0 Å². The van der Waals surface area contributed by atoms with Crippen molar-refractivity contribution < 1.29 is 0 Å². The number of thiophene rings is 1. The Bertz CT molecular complexity index is 3980. The Morgan fingerprint density at radius 2 is 0.862 bits per heavy atom. The predicted octanol–water partition coefficient (Wildman–Crippen LogP) is 17.5. The quantitative estimate of drug-likeness (QED) is 0.123. The van der Waals surface area contributed by atoms with Crippen LogP contribution >= 0.6 is 11.3 Å². The molecular formula is C62H38N2S. The van der Waals surface area contributed by atoms with Crippen LogP contribution in [0.25, 0.3) is 131 Å². The van der Waals surface area contributed by atoms with Gasteiger partial charge in [-0.3, -0.25) is 0 Å². The third-order valence-electron chi connectivity index (χ3n) is 13.1. The van der Waals surface area contributed by atoms with E-state index < -0.39 is 0 Å². The fourth-order valence-electron chi connectivity index (χ4n) is 9.95. The van der Waals surface area contributed by atoms with E-state index in [4.69, 9.17) is 9.97 Å². The van der Waals surface area contributed by atoms with Gasteiger partial charge in [-0.2, -0.15) is 0 Å². The molecule has 65 heavy (non-hydrogen) atoms. The van der Waals surface area contributed by atoms with Gasteiger partial charge in [-0.15, -0.1) is 11.3 Å². The average Bonchev–Trinajstić information content (AvgIpc) is 3.77. The number of fused-ring (bicyclic) bond motifs is 8. The van der Waals surface area contributed by atoms with Crippen molar-refractivity contribution in [2.24, 2.45) is 0 Å². The second-order valence-corrected chi connectivity index (χ2v) is 17.9. The van der Waals surface area contributed by atoms with Gasteiger partial charge in [0.1, 0.15) is 0 Å². The van der Waals surface area contributed by atoms with Crippen molar-refractivity contribution in [2.45, 2.75) is 0 Å². The molecule has 0 atom stereocenters. The van der Waals surface area contributed by atoms with Crippen molar-refractivity contribution in [2.75, 3.05) is 0 Å². The van der Waals surface area contributed by atoms with Gasteiger partial charge >= 0.3 is 0 Å². The van der Waals surface area contributed by atoms with Crippen LogP contribution in [0.4, 0.5) is 0 Å². The molecule has 11 aromatic carbocycles. The summed E-state index contributed by atoms with van der Waals surface area (Å²) in [6, 6.07) is 83.5. The summed E-state index contributed by atoms with van der Waals surface area (Å²) in [4.78, 5) is 10.3. The van der Waals surface area contributed by atoms with Crippen molar-refractivity contribution in [1.82, 2.24) is 9.97 Å². The molecule has 0 saturated heterocycles. The van der Waals surface area contributed by atoms with E-state index in [1.165, 1.54) is 91.1 Å². The predicted molar refractivity (Wildman–Crippen MR) is 278 cm³/mol. The Balaban J connectivity index is 0.862. The second-order valence-electron chi connectivity index (χ2n) is 16.8. The first-order valence-corrected chi connectivity index (χ1v) is 23.0.